The summed E-state index contributed by atoms with van der Waals surface area (Å²) in [6, 6.07) is 11.8. The second kappa shape index (κ2) is 15.8. The zero-order valence-corrected chi connectivity index (χ0v) is 24.0. The van der Waals surface area contributed by atoms with Gasteiger partial charge in [-0.2, -0.15) is 10.2 Å². The zero-order valence-electron chi connectivity index (χ0n) is 20.8. The molecule has 2 unspecified atom stereocenters. The van der Waals surface area contributed by atoms with Gasteiger partial charge in [-0.25, -0.2) is 20.8 Å². The minimum absolute atomic E-state index is 0. The highest BCUT2D eigenvalue weighted by molar-refractivity contribution is 6.33. The van der Waals surface area contributed by atoms with Crippen LogP contribution in [0.5, 0.6) is 0 Å². The Hall–Kier alpha value is -2.56. The molecule has 0 amide bonds. The Labute approximate surface area is 245 Å². The number of aliphatic hydroxyl groups is 1. The van der Waals surface area contributed by atoms with Gasteiger partial charge in [0, 0.05) is 54.0 Å². The fraction of sp³-hybridized carbons (Fsp3) is 0.360. The minimum atomic E-state index is -0.166. The Morgan fingerprint density at radius 2 is 1.29 bits per heavy atom. The first kappa shape index (κ1) is 31.7. The number of aliphatic imine (C=N–C) groups is 2. The normalized spacial score (nSPS) is 18.9. The summed E-state index contributed by atoms with van der Waals surface area (Å²) in [5, 5.41) is 24.4. The first-order valence-corrected chi connectivity index (χ1v) is 12.7. The molecule has 3 aliphatic rings. The van der Waals surface area contributed by atoms with Gasteiger partial charge in [-0.05, 0) is 40.8 Å². The smallest absolute Gasteiger partial charge is 0.212 e. The second-order valence-electron chi connectivity index (χ2n) is 8.26. The molecule has 0 saturated carbocycles. The Morgan fingerprint density at radius 3 is 1.63 bits per heavy atom. The highest BCUT2D eigenvalue weighted by atomic mass is 35.5. The van der Waals surface area contributed by atoms with Gasteiger partial charge >= 0.3 is 0 Å². The predicted octanol–water partition coefficient (Wildman–Crippen LogP) is 3.87. The summed E-state index contributed by atoms with van der Waals surface area (Å²) in [5.41, 5.74) is 10.0. The van der Waals surface area contributed by atoms with E-state index in [0.717, 1.165) is 54.9 Å². The van der Waals surface area contributed by atoms with Crippen LogP contribution in [0.1, 0.15) is 47.4 Å². The maximum Gasteiger partial charge on any atom is 0.212 e. The molecule has 5 N–H and O–H groups in total. The van der Waals surface area contributed by atoms with Crippen LogP contribution in [0.4, 0.5) is 0 Å². The van der Waals surface area contributed by atoms with Crippen molar-refractivity contribution in [1.82, 2.24) is 21.5 Å². The number of hydrogen-bond acceptors (Lipinski definition) is 9. The third-order valence-electron chi connectivity index (χ3n) is 5.83. The van der Waals surface area contributed by atoms with Crippen molar-refractivity contribution in [3.05, 3.63) is 68.7 Å². The molecule has 13 heteroatoms. The van der Waals surface area contributed by atoms with Crippen LogP contribution in [-0.4, -0.2) is 62.2 Å². The Kier molecular flexibility index (Phi) is 13.1. The zero-order chi connectivity index (χ0) is 25.3. The van der Waals surface area contributed by atoms with Crippen molar-refractivity contribution in [2.45, 2.75) is 25.2 Å². The Bertz CT molecular complexity index is 1100. The second-order valence-corrected chi connectivity index (χ2v) is 9.07. The molecule has 38 heavy (non-hydrogen) atoms. The van der Waals surface area contributed by atoms with Gasteiger partial charge in [-0.1, -0.05) is 54.4 Å². The molecule has 2 aromatic rings. The topological polar surface area (TPSA) is 118 Å². The number of guanidine groups is 2. The van der Waals surface area contributed by atoms with E-state index in [1.54, 1.807) is 0 Å². The van der Waals surface area contributed by atoms with Gasteiger partial charge in [-0.3, -0.25) is 0 Å². The number of hydrazone groups is 2. The van der Waals surface area contributed by atoms with Crippen molar-refractivity contribution in [2.75, 3.05) is 32.8 Å². The lowest BCUT2D eigenvalue weighted by Gasteiger charge is -2.32. The summed E-state index contributed by atoms with van der Waals surface area (Å²) in [5.74, 6) is 1.00. The van der Waals surface area contributed by atoms with E-state index >= 15 is 0 Å². The van der Waals surface area contributed by atoms with Crippen molar-refractivity contribution in [3.63, 3.8) is 0 Å². The summed E-state index contributed by atoms with van der Waals surface area (Å²) < 4.78 is 0. The van der Waals surface area contributed by atoms with Crippen molar-refractivity contribution < 1.29 is 5.11 Å². The average Bonchev–Trinajstić information content (AvgIpc) is 3.60. The molecule has 9 nitrogen and oxygen atoms in total. The van der Waals surface area contributed by atoms with Crippen LogP contribution < -0.4 is 21.5 Å². The molecule has 0 aromatic heterocycles. The van der Waals surface area contributed by atoms with E-state index in [0.29, 0.717) is 28.6 Å². The summed E-state index contributed by atoms with van der Waals surface area (Å²) in [6.45, 7) is 5.35. The van der Waals surface area contributed by atoms with Gasteiger partial charge in [0.1, 0.15) is 0 Å². The molecule has 2 heterocycles. The van der Waals surface area contributed by atoms with Crippen LogP contribution in [0.25, 0.3) is 0 Å². The lowest BCUT2D eigenvalue weighted by atomic mass is 9.73. The summed E-state index contributed by atoms with van der Waals surface area (Å²) in [7, 11) is 0. The van der Waals surface area contributed by atoms with Crippen LogP contribution in [-0.2, 0) is 0 Å². The van der Waals surface area contributed by atoms with E-state index in [1.165, 1.54) is 0 Å². The molecule has 206 valence electrons. The Morgan fingerprint density at radius 1 is 0.868 bits per heavy atom. The number of aliphatic hydroxyl groups excluding tert-OH is 1. The maximum absolute atomic E-state index is 7.88. The molecule has 0 fully saturated rings. The van der Waals surface area contributed by atoms with Crippen molar-refractivity contribution >= 4 is 72.4 Å². The fourth-order valence-corrected chi connectivity index (χ4v) is 4.82. The van der Waals surface area contributed by atoms with Gasteiger partial charge in [0.2, 0.25) is 11.9 Å². The van der Waals surface area contributed by atoms with E-state index in [-0.39, 0.29) is 36.6 Å². The van der Waals surface area contributed by atoms with Gasteiger partial charge in [-0.15, -0.1) is 24.8 Å². The van der Waals surface area contributed by atoms with Crippen LogP contribution in [0.2, 0.25) is 10.0 Å². The SMILES string of the molecule is CCCO.Cl.Cl.Clc1cccc2c1C(/C=N/NC1=NCCN1)c1cccc(Cl)c1C2/C=N/NC1=NCCN1. The van der Waals surface area contributed by atoms with E-state index in [4.69, 9.17) is 28.3 Å². The quantitative estimate of drug-likeness (QED) is 0.263. The summed E-state index contributed by atoms with van der Waals surface area (Å²) >= 11 is 13.4. The number of hydrogen-bond donors (Lipinski definition) is 5. The molecule has 2 aromatic carbocycles. The fourth-order valence-electron chi connectivity index (χ4n) is 4.22. The van der Waals surface area contributed by atoms with Crippen LogP contribution in [0, 0.1) is 0 Å². The molecule has 5 rings (SSSR count). The average molecular weight is 602 g/mol. The highest BCUT2D eigenvalue weighted by Gasteiger charge is 2.34. The van der Waals surface area contributed by atoms with E-state index in [2.05, 4.69) is 53.8 Å². The van der Waals surface area contributed by atoms with Gasteiger partial charge in [0.25, 0.3) is 0 Å². The lowest BCUT2D eigenvalue weighted by molar-refractivity contribution is 0.295. The highest BCUT2D eigenvalue weighted by Crippen LogP contribution is 2.46. The molecule has 2 aliphatic heterocycles. The largest absolute Gasteiger partial charge is 0.396 e. The molecule has 0 spiro atoms. The summed E-state index contributed by atoms with van der Waals surface area (Å²) in [6.07, 6.45) is 4.58. The molecular formula is C25H32Cl4N8O. The third-order valence-corrected chi connectivity index (χ3v) is 6.48. The molecule has 2 atom stereocenters. The van der Waals surface area contributed by atoms with Crippen LogP contribution in [0.3, 0.4) is 0 Å². The molecule has 1 aliphatic carbocycles. The van der Waals surface area contributed by atoms with Crippen LogP contribution in [0.15, 0.2) is 56.6 Å². The van der Waals surface area contributed by atoms with Crippen molar-refractivity contribution in [1.29, 1.82) is 0 Å². The van der Waals surface area contributed by atoms with Gasteiger partial charge in [0.05, 0.1) is 13.1 Å². The van der Waals surface area contributed by atoms with E-state index in [1.807, 2.05) is 43.6 Å². The number of nitrogens with zero attached hydrogens (tertiary/aromatic N) is 4. The third kappa shape index (κ3) is 7.51. The standard InChI is InChI=1S/C22H22Cl2N8.C3H8O.2ClH/c23-17-5-1-3-13-15(11-29-31-21-25-7-8-26-21)20-14(4-2-6-18(20)24)16(19(13)17)12-30-32-22-27-9-10-28-22;1-2-3-4;;/h1-6,11-12,15-16H,7-10H2,(H2,25,26,31)(H2,27,28,32);4H,2-3H2,1H3;2*1H/b29-11+,30-12+;;;. The van der Waals surface area contributed by atoms with E-state index < -0.39 is 0 Å². The molecular weight excluding hydrogens is 570 g/mol. The predicted molar refractivity (Wildman–Crippen MR) is 162 cm³/mol. The Balaban J connectivity index is 0.000000791. The van der Waals surface area contributed by atoms with Crippen LogP contribution >= 0.6 is 48.0 Å². The monoisotopic (exact) mass is 600 g/mol. The van der Waals surface area contributed by atoms with Gasteiger partial charge < -0.3 is 15.7 Å². The maximum atomic E-state index is 7.88. The van der Waals surface area contributed by atoms with Crippen molar-refractivity contribution in [3.8, 4) is 0 Å². The number of nitrogens with one attached hydrogen (secondary N) is 4. The summed E-state index contributed by atoms with van der Waals surface area (Å²) in [4.78, 5) is 8.62. The first-order chi connectivity index (χ1) is 17.6. The molecule has 0 radical (unpaired) electrons. The first-order valence-electron chi connectivity index (χ1n) is 12.0. The molecule has 0 bridgehead atoms. The number of rotatable bonds is 5. The number of halogens is 4. The van der Waals surface area contributed by atoms with Gasteiger partial charge in [0.15, 0.2) is 0 Å². The van der Waals surface area contributed by atoms with Crippen molar-refractivity contribution in [2.24, 2.45) is 20.2 Å². The van der Waals surface area contributed by atoms with E-state index in [9.17, 15) is 0 Å². The number of benzene rings is 2. The minimum Gasteiger partial charge on any atom is -0.396 e. The number of fused-ring (bicyclic) bond motifs is 2. The lowest BCUT2D eigenvalue weighted by Crippen LogP contribution is -2.31. The molecule has 0 saturated heterocycles.